The molecule has 0 aliphatic heterocycles. The maximum absolute atomic E-state index is 6.50. The van der Waals surface area contributed by atoms with Crippen LogP contribution in [0, 0.1) is 0 Å². The van der Waals surface area contributed by atoms with Crippen molar-refractivity contribution in [2.24, 2.45) is 0 Å². The topological polar surface area (TPSA) is 15.7 Å². The normalized spacial score (nSPS) is 12.8. The van der Waals surface area contributed by atoms with E-state index in [9.17, 15) is 0 Å². The van der Waals surface area contributed by atoms with Crippen LogP contribution >= 0.6 is 0 Å². The minimum absolute atomic E-state index is 0.506. The molecule has 0 amide bonds. The molecule has 1 aliphatic carbocycles. The first-order chi connectivity index (χ1) is 31.1. The van der Waals surface area contributed by atoms with Gasteiger partial charge in [-0.1, -0.05) is 166 Å². The van der Waals surface area contributed by atoms with E-state index in [4.69, 9.17) is 4.74 Å². The molecule has 10 rings (SSSR count). The first-order valence-corrected chi connectivity index (χ1v) is 22.1. The zero-order chi connectivity index (χ0) is 42.6. The highest BCUT2D eigenvalue weighted by molar-refractivity contribution is 5.92. The highest BCUT2D eigenvalue weighted by Crippen LogP contribution is 2.58. The lowest BCUT2D eigenvalue weighted by Crippen LogP contribution is -2.29. The summed E-state index contributed by atoms with van der Waals surface area (Å²) in [7, 11) is 0. The third-order valence-corrected chi connectivity index (χ3v) is 12.7. The Morgan fingerprint density at radius 2 is 0.810 bits per heavy atom. The molecule has 0 N–H and O–H groups in total. The van der Waals surface area contributed by atoms with Gasteiger partial charge < -0.3 is 14.5 Å². The monoisotopic (exact) mass is 814 g/mol. The van der Waals surface area contributed by atoms with E-state index in [1.807, 2.05) is 0 Å². The van der Waals surface area contributed by atoms with Crippen molar-refractivity contribution in [1.29, 1.82) is 0 Å². The summed E-state index contributed by atoms with van der Waals surface area (Å²) in [5.41, 5.74) is 15.7. The van der Waals surface area contributed by atoms with Crippen LogP contribution in [0.3, 0.4) is 0 Å². The minimum atomic E-state index is -0.680. The number of ether oxygens (including phenoxy) is 1. The Kier molecular flexibility index (Phi) is 10.9. The van der Waals surface area contributed by atoms with Gasteiger partial charge in [0.2, 0.25) is 0 Å². The molecule has 306 valence electrons. The van der Waals surface area contributed by atoms with Gasteiger partial charge in [-0.25, -0.2) is 0 Å². The summed E-state index contributed by atoms with van der Waals surface area (Å²) in [6.45, 7) is 5.03. The number of fused-ring (bicyclic) bond motifs is 3. The molecule has 0 fully saturated rings. The van der Waals surface area contributed by atoms with Gasteiger partial charge in [-0.3, -0.25) is 0 Å². The van der Waals surface area contributed by atoms with E-state index in [1.54, 1.807) is 0 Å². The lowest BCUT2D eigenvalue weighted by molar-refractivity contribution is 0.306. The van der Waals surface area contributed by atoms with Gasteiger partial charge in [-0.2, -0.15) is 0 Å². The van der Waals surface area contributed by atoms with E-state index in [-0.39, 0.29) is 0 Å². The molecule has 0 spiro atoms. The molecule has 9 aromatic carbocycles. The number of benzene rings is 9. The summed E-state index contributed by atoms with van der Waals surface area (Å²) in [4.78, 5) is 4.73. The Bertz CT molecular complexity index is 2710. The summed E-state index contributed by atoms with van der Waals surface area (Å²) in [5, 5.41) is 0. The molecule has 0 heterocycles. The zero-order valence-electron chi connectivity index (χ0n) is 35.8. The average Bonchev–Trinajstić information content (AvgIpc) is 3.65. The Hall–Kier alpha value is -7.62. The largest absolute Gasteiger partial charge is 0.489 e. The molecule has 1 aliphatic rings. The molecule has 9 aromatic rings. The smallest absolute Gasteiger partial charge is 0.119 e. The highest BCUT2D eigenvalue weighted by atomic mass is 16.5. The number of nitrogens with zero attached hydrogens (tertiary/aromatic N) is 2. The van der Waals surface area contributed by atoms with Crippen molar-refractivity contribution in [2.45, 2.75) is 38.2 Å². The van der Waals surface area contributed by atoms with Crippen molar-refractivity contribution in [3.8, 4) is 16.9 Å². The van der Waals surface area contributed by atoms with Crippen LogP contribution in [0.4, 0.5) is 34.1 Å². The first-order valence-electron chi connectivity index (χ1n) is 22.1. The summed E-state index contributed by atoms with van der Waals surface area (Å²) >= 11 is 0. The zero-order valence-corrected chi connectivity index (χ0v) is 35.8. The van der Waals surface area contributed by atoms with E-state index in [2.05, 4.69) is 260 Å². The summed E-state index contributed by atoms with van der Waals surface area (Å²) < 4.78 is 6.50. The van der Waals surface area contributed by atoms with Gasteiger partial charge in [0.05, 0.1) is 5.41 Å². The molecule has 0 aromatic heterocycles. The highest BCUT2D eigenvalue weighted by Gasteiger charge is 2.47. The Morgan fingerprint density at radius 3 is 1.22 bits per heavy atom. The van der Waals surface area contributed by atoms with Crippen LogP contribution in [-0.4, -0.2) is 0 Å². The van der Waals surface area contributed by atoms with Crippen molar-refractivity contribution in [1.82, 2.24) is 0 Å². The van der Waals surface area contributed by atoms with Crippen LogP contribution in [0.25, 0.3) is 11.1 Å². The SMILES string of the molecule is CCC(C)c1ccc(COc2ccc(C3(c4ccccc4)c4cc(N(c5ccccc5)c5ccccc5)ccc4-c4ccc(N(c5ccccc5)c5ccccc5)cc43)cc2)cc1. The Labute approximate surface area is 372 Å². The average molecular weight is 815 g/mol. The fourth-order valence-corrected chi connectivity index (χ4v) is 9.40. The first kappa shape index (κ1) is 39.5. The van der Waals surface area contributed by atoms with Gasteiger partial charge in [0.15, 0.2) is 0 Å². The molecule has 1 unspecified atom stereocenters. The minimum Gasteiger partial charge on any atom is -0.489 e. The second-order valence-corrected chi connectivity index (χ2v) is 16.5. The van der Waals surface area contributed by atoms with Crippen molar-refractivity contribution in [2.75, 3.05) is 9.80 Å². The summed E-state index contributed by atoms with van der Waals surface area (Å²) in [6.07, 6.45) is 1.13. The number of hydrogen-bond donors (Lipinski definition) is 0. The summed E-state index contributed by atoms with van der Waals surface area (Å²) in [6, 6.07) is 85.6. The third kappa shape index (κ3) is 7.46. The molecule has 3 nitrogen and oxygen atoms in total. The van der Waals surface area contributed by atoms with Crippen molar-refractivity contribution < 1.29 is 4.74 Å². The van der Waals surface area contributed by atoms with Gasteiger partial charge in [0.25, 0.3) is 0 Å². The number of rotatable bonds is 13. The van der Waals surface area contributed by atoms with Crippen LogP contribution in [0.15, 0.2) is 237 Å². The quantitative estimate of drug-likeness (QED) is 0.115. The van der Waals surface area contributed by atoms with E-state index in [0.717, 1.165) is 51.9 Å². The standard InChI is InChI=1S/C60H50N2O/c1-3-44(2)46-31-29-45(30-32-46)43-63-55-37-33-48(34-38-55)60(47-19-9-4-10-20-47)58-41-53(61(49-21-11-5-12-22-49)50-23-13-6-14-24-50)35-39-56(58)57-40-36-54(42-59(57)60)62(51-25-15-7-16-26-51)52-27-17-8-18-28-52/h4-42,44H,3,43H2,1-2H3. The molecule has 0 saturated heterocycles. The van der Waals surface area contributed by atoms with Crippen molar-refractivity contribution in [3.05, 3.63) is 270 Å². The maximum atomic E-state index is 6.50. The molecule has 1 atom stereocenters. The predicted octanol–water partition coefficient (Wildman–Crippen LogP) is 16.1. The molecule has 0 saturated carbocycles. The second-order valence-electron chi connectivity index (χ2n) is 16.5. The molecule has 0 radical (unpaired) electrons. The molecular formula is C60H50N2O. The van der Waals surface area contributed by atoms with Crippen LogP contribution in [0.2, 0.25) is 0 Å². The van der Waals surface area contributed by atoms with Crippen molar-refractivity contribution in [3.63, 3.8) is 0 Å². The molecular weight excluding hydrogens is 765 g/mol. The van der Waals surface area contributed by atoms with Gasteiger partial charge >= 0.3 is 0 Å². The van der Waals surface area contributed by atoms with Crippen LogP contribution < -0.4 is 14.5 Å². The molecule has 3 heteroatoms. The van der Waals surface area contributed by atoms with Crippen molar-refractivity contribution >= 4 is 34.1 Å². The van der Waals surface area contributed by atoms with Crippen LogP contribution in [0.5, 0.6) is 5.75 Å². The Balaban J connectivity index is 1.16. The summed E-state index contributed by atoms with van der Waals surface area (Å²) in [5.74, 6) is 1.38. The lowest BCUT2D eigenvalue weighted by Gasteiger charge is -2.35. The van der Waals surface area contributed by atoms with Gasteiger partial charge in [0, 0.05) is 34.1 Å². The second kappa shape index (κ2) is 17.4. The van der Waals surface area contributed by atoms with Crippen LogP contribution in [-0.2, 0) is 12.0 Å². The van der Waals surface area contributed by atoms with Gasteiger partial charge in [-0.15, -0.1) is 0 Å². The van der Waals surface area contributed by atoms with Crippen LogP contribution in [0.1, 0.15) is 59.6 Å². The maximum Gasteiger partial charge on any atom is 0.119 e. The Morgan fingerprint density at radius 1 is 0.413 bits per heavy atom. The van der Waals surface area contributed by atoms with E-state index in [1.165, 1.54) is 38.9 Å². The number of para-hydroxylation sites is 4. The fraction of sp³-hybridized carbons (Fsp3) is 0.100. The van der Waals surface area contributed by atoms with E-state index >= 15 is 0 Å². The van der Waals surface area contributed by atoms with E-state index < -0.39 is 5.41 Å². The molecule has 63 heavy (non-hydrogen) atoms. The lowest BCUT2D eigenvalue weighted by atomic mass is 9.67. The van der Waals surface area contributed by atoms with Gasteiger partial charge in [-0.05, 0) is 142 Å². The van der Waals surface area contributed by atoms with Gasteiger partial charge in [0.1, 0.15) is 12.4 Å². The molecule has 0 bridgehead atoms. The van der Waals surface area contributed by atoms with E-state index in [0.29, 0.717) is 12.5 Å². The fourth-order valence-electron chi connectivity index (χ4n) is 9.40. The number of anilines is 6. The number of hydrogen-bond acceptors (Lipinski definition) is 3. The third-order valence-electron chi connectivity index (χ3n) is 12.7. The predicted molar refractivity (Wildman–Crippen MR) is 263 cm³/mol.